The molecule has 0 aliphatic heterocycles. The van der Waals surface area contributed by atoms with Crippen LogP contribution in [0, 0.1) is 12.7 Å². The summed E-state index contributed by atoms with van der Waals surface area (Å²) >= 11 is 1.28. The van der Waals surface area contributed by atoms with E-state index in [1.54, 1.807) is 30.5 Å². The van der Waals surface area contributed by atoms with Crippen LogP contribution in [-0.4, -0.2) is 33.2 Å². The van der Waals surface area contributed by atoms with Crippen LogP contribution in [-0.2, 0) is 16.1 Å². The lowest BCUT2D eigenvalue weighted by Crippen LogP contribution is -2.22. The number of amides is 1. The fraction of sp³-hybridized carbons (Fsp3) is 0.130. The molecule has 1 amide bonds. The van der Waals surface area contributed by atoms with Crippen molar-refractivity contribution >= 4 is 34.2 Å². The SMILES string of the molecule is Cc1cc(NC(=O)COC(=O)c2csc(NCc3ccccc3)n2)n(-c2ccc(F)cc2)n1. The van der Waals surface area contributed by atoms with Gasteiger partial charge in [0.15, 0.2) is 17.4 Å². The first-order chi connectivity index (χ1) is 16.0. The Bertz CT molecular complexity index is 1250. The number of carbonyl (C=O) groups is 2. The van der Waals surface area contributed by atoms with Gasteiger partial charge in [0.25, 0.3) is 5.91 Å². The number of esters is 1. The summed E-state index contributed by atoms with van der Waals surface area (Å²) in [6, 6.07) is 17.2. The normalized spacial score (nSPS) is 10.6. The Labute approximate surface area is 193 Å². The smallest absolute Gasteiger partial charge is 0.358 e. The zero-order chi connectivity index (χ0) is 23.2. The van der Waals surface area contributed by atoms with Gasteiger partial charge in [0.1, 0.15) is 11.6 Å². The summed E-state index contributed by atoms with van der Waals surface area (Å²) in [6.45, 7) is 1.85. The van der Waals surface area contributed by atoms with Crippen molar-refractivity contribution < 1.29 is 18.7 Å². The lowest BCUT2D eigenvalue weighted by Gasteiger charge is -2.09. The van der Waals surface area contributed by atoms with Crippen molar-refractivity contribution in [2.24, 2.45) is 0 Å². The minimum absolute atomic E-state index is 0.121. The molecule has 0 unspecified atom stereocenters. The van der Waals surface area contributed by atoms with Gasteiger partial charge in [-0.2, -0.15) is 5.10 Å². The standard InChI is InChI=1S/C23H20FN5O3S/c1-15-11-20(29(28-15)18-9-7-17(24)8-10-18)27-21(30)13-32-22(31)19-14-33-23(26-19)25-12-16-5-3-2-4-6-16/h2-11,14H,12-13H2,1H3,(H,25,26)(H,27,30). The van der Waals surface area contributed by atoms with Crippen LogP contribution < -0.4 is 10.6 Å². The maximum absolute atomic E-state index is 13.2. The molecule has 0 aliphatic rings. The number of thiazole rings is 1. The number of benzene rings is 2. The van der Waals surface area contributed by atoms with E-state index in [0.717, 1.165) is 5.56 Å². The minimum atomic E-state index is -0.697. The van der Waals surface area contributed by atoms with E-state index in [9.17, 15) is 14.0 Å². The Hall–Kier alpha value is -4.05. The molecule has 0 aliphatic carbocycles. The first kappa shape index (κ1) is 22.2. The van der Waals surface area contributed by atoms with Gasteiger partial charge in [-0.3, -0.25) is 4.79 Å². The van der Waals surface area contributed by atoms with Gasteiger partial charge in [-0.05, 0) is 36.8 Å². The van der Waals surface area contributed by atoms with E-state index in [1.165, 1.54) is 28.2 Å². The van der Waals surface area contributed by atoms with E-state index in [0.29, 0.717) is 28.9 Å². The number of hydrogen-bond acceptors (Lipinski definition) is 7. The number of ether oxygens (including phenoxy) is 1. The summed E-state index contributed by atoms with van der Waals surface area (Å²) in [5, 5.41) is 12.3. The quantitative estimate of drug-likeness (QED) is 0.379. The maximum atomic E-state index is 13.2. The molecule has 2 heterocycles. The molecular weight excluding hydrogens is 445 g/mol. The molecule has 0 atom stereocenters. The van der Waals surface area contributed by atoms with Crippen molar-refractivity contribution in [2.75, 3.05) is 17.2 Å². The zero-order valence-electron chi connectivity index (χ0n) is 17.6. The molecule has 0 saturated heterocycles. The Kier molecular flexibility index (Phi) is 6.75. The highest BCUT2D eigenvalue weighted by molar-refractivity contribution is 7.13. The van der Waals surface area contributed by atoms with E-state index >= 15 is 0 Å². The maximum Gasteiger partial charge on any atom is 0.358 e. The summed E-state index contributed by atoms with van der Waals surface area (Å²) in [5.74, 6) is -1.23. The molecule has 4 aromatic rings. The predicted octanol–water partition coefficient (Wildman–Crippen LogP) is 4.18. The molecule has 2 aromatic carbocycles. The largest absolute Gasteiger partial charge is 0.451 e. The first-order valence-electron chi connectivity index (χ1n) is 10.0. The molecule has 33 heavy (non-hydrogen) atoms. The predicted molar refractivity (Wildman–Crippen MR) is 123 cm³/mol. The van der Waals surface area contributed by atoms with Crippen molar-refractivity contribution in [2.45, 2.75) is 13.5 Å². The van der Waals surface area contributed by atoms with Gasteiger partial charge in [0.2, 0.25) is 0 Å². The van der Waals surface area contributed by atoms with Crippen molar-refractivity contribution in [1.82, 2.24) is 14.8 Å². The molecular formula is C23H20FN5O3S. The summed E-state index contributed by atoms with van der Waals surface area (Å²) < 4.78 is 19.8. The number of halogens is 1. The van der Waals surface area contributed by atoms with Gasteiger partial charge in [-0.1, -0.05) is 30.3 Å². The number of rotatable bonds is 8. The molecule has 2 N–H and O–H groups in total. The number of nitrogens with zero attached hydrogens (tertiary/aromatic N) is 3. The van der Waals surface area contributed by atoms with Crippen molar-refractivity contribution in [3.05, 3.63) is 88.8 Å². The fourth-order valence-corrected chi connectivity index (χ4v) is 3.65. The fourth-order valence-electron chi connectivity index (χ4n) is 2.97. The van der Waals surface area contributed by atoms with Gasteiger partial charge in [-0.15, -0.1) is 11.3 Å². The molecule has 4 rings (SSSR count). The van der Waals surface area contributed by atoms with Gasteiger partial charge < -0.3 is 15.4 Å². The van der Waals surface area contributed by atoms with Crippen LogP contribution in [0.2, 0.25) is 0 Å². The van der Waals surface area contributed by atoms with Crippen LogP contribution in [0.3, 0.4) is 0 Å². The third-order valence-corrected chi connectivity index (χ3v) is 5.30. The number of aromatic nitrogens is 3. The van der Waals surface area contributed by atoms with E-state index in [-0.39, 0.29) is 11.5 Å². The van der Waals surface area contributed by atoms with E-state index in [2.05, 4.69) is 20.7 Å². The highest BCUT2D eigenvalue weighted by Gasteiger charge is 2.16. The molecule has 0 saturated carbocycles. The molecule has 2 aromatic heterocycles. The number of hydrogen-bond donors (Lipinski definition) is 2. The number of nitrogens with one attached hydrogen (secondary N) is 2. The Morgan fingerprint density at radius 1 is 1.12 bits per heavy atom. The van der Waals surface area contributed by atoms with Crippen molar-refractivity contribution in [3.8, 4) is 5.69 Å². The lowest BCUT2D eigenvalue weighted by atomic mass is 10.2. The molecule has 8 nitrogen and oxygen atoms in total. The van der Waals surface area contributed by atoms with E-state index in [1.807, 2.05) is 30.3 Å². The third-order valence-electron chi connectivity index (χ3n) is 4.50. The Balaban J connectivity index is 1.31. The molecule has 0 radical (unpaired) electrons. The van der Waals surface area contributed by atoms with Crippen LogP contribution in [0.15, 0.2) is 66.0 Å². The Morgan fingerprint density at radius 2 is 1.88 bits per heavy atom. The number of carbonyl (C=O) groups excluding carboxylic acids is 2. The summed E-state index contributed by atoms with van der Waals surface area (Å²) in [5.41, 5.74) is 2.44. The van der Waals surface area contributed by atoms with Crippen molar-refractivity contribution in [1.29, 1.82) is 0 Å². The van der Waals surface area contributed by atoms with Gasteiger partial charge in [-0.25, -0.2) is 18.9 Å². The highest BCUT2D eigenvalue weighted by atomic mass is 32.1. The summed E-state index contributed by atoms with van der Waals surface area (Å²) in [7, 11) is 0. The topological polar surface area (TPSA) is 98.1 Å². The minimum Gasteiger partial charge on any atom is -0.451 e. The van der Waals surface area contributed by atoms with Gasteiger partial charge in [0.05, 0.1) is 11.4 Å². The van der Waals surface area contributed by atoms with Crippen molar-refractivity contribution in [3.63, 3.8) is 0 Å². The monoisotopic (exact) mass is 465 g/mol. The van der Waals surface area contributed by atoms with Crippen LogP contribution in [0.5, 0.6) is 0 Å². The molecule has 168 valence electrons. The average Bonchev–Trinajstić information content (AvgIpc) is 3.44. The zero-order valence-corrected chi connectivity index (χ0v) is 18.4. The summed E-state index contributed by atoms with van der Waals surface area (Å²) in [4.78, 5) is 28.8. The van der Waals surface area contributed by atoms with E-state index < -0.39 is 18.5 Å². The molecule has 0 bridgehead atoms. The van der Waals surface area contributed by atoms with Gasteiger partial charge in [0, 0.05) is 18.0 Å². The second-order valence-corrected chi connectivity index (χ2v) is 7.92. The number of anilines is 2. The van der Waals surface area contributed by atoms with Crippen LogP contribution >= 0.6 is 11.3 Å². The second kappa shape index (κ2) is 10.0. The first-order valence-corrected chi connectivity index (χ1v) is 10.9. The van der Waals surface area contributed by atoms with Gasteiger partial charge >= 0.3 is 5.97 Å². The van der Waals surface area contributed by atoms with Crippen LogP contribution in [0.4, 0.5) is 15.3 Å². The second-order valence-electron chi connectivity index (χ2n) is 7.06. The molecule has 0 fully saturated rings. The lowest BCUT2D eigenvalue weighted by molar-refractivity contribution is -0.119. The van der Waals surface area contributed by atoms with Crippen LogP contribution in [0.25, 0.3) is 5.69 Å². The van der Waals surface area contributed by atoms with Crippen LogP contribution in [0.1, 0.15) is 21.7 Å². The number of aryl methyl sites for hydroxylation is 1. The third kappa shape index (κ3) is 5.80. The average molecular weight is 466 g/mol. The van der Waals surface area contributed by atoms with E-state index in [4.69, 9.17) is 4.74 Å². The Morgan fingerprint density at radius 3 is 2.64 bits per heavy atom. The molecule has 0 spiro atoms. The summed E-state index contributed by atoms with van der Waals surface area (Å²) in [6.07, 6.45) is 0. The molecule has 10 heteroatoms. The highest BCUT2D eigenvalue weighted by Crippen LogP contribution is 2.19.